The molecule has 0 saturated carbocycles. The second-order valence-electron chi connectivity index (χ2n) is 5.13. The fourth-order valence-corrected chi connectivity index (χ4v) is 2.83. The van der Waals surface area contributed by atoms with E-state index in [0.29, 0.717) is 0 Å². The summed E-state index contributed by atoms with van der Waals surface area (Å²) < 4.78 is 0. The smallest absolute Gasteiger partial charge is 0.0351 e. The zero-order valence-corrected chi connectivity index (χ0v) is 9.66. The average molecular weight is 197 g/mol. The predicted molar refractivity (Wildman–Crippen MR) is 59.5 cm³/mol. The molecule has 0 radical (unpaired) electrons. The Morgan fingerprint density at radius 1 is 1.29 bits per heavy atom. The molecule has 2 heterocycles. The highest BCUT2D eigenvalue weighted by Crippen LogP contribution is 2.21. The van der Waals surface area contributed by atoms with Gasteiger partial charge in [0.1, 0.15) is 0 Å². The topological polar surface area (TPSA) is 18.5 Å². The highest BCUT2D eigenvalue weighted by Gasteiger charge is 2.35. The molecule has 3 heteroatoms. The Balaban J connectivity index is 2.07. The van der Waals surface area contributed by atoms with Crippen LogP contribution in [0, 0.1) is 5.92 Å². The predicted octanol–water partition coefficient (Wildman–Crippen LogP) is 0.230. The largest absolute Gasteiger partial charge is 0.314 e. The number of hydrogen-bond acceptors (Lipinski definition) is 3. The Labute approximate surface area is 87.4 Å². The molecule has 82 valence electrons. The van der Waals surface area contributed by atoms with Crippen LogP contribution in [0.25, 0.3) is 0 Å². The molecular weight excluding hydrogens is 174 g/mol. The van der Waals surface area contributed by atoms with E-state index in [4.69, 9.17) is 0 Å². The third kappa shape index (κ3) is 1.95. The van der Waals surface area contributed by atoms with Gasteiger partial charge < -0.3 is 10.2 Å². The van der Waals surface area contributed by atoms with Gasteiger partial charge in [0.05, 0.1) is 0 Å². The Bertz CT molecular complexity index is 193. The van der Waals surface area contributed by atoms with Crippen LogP contribution in [-0.4, -0.2) is 61.7 Å². The number of nitrogens with zero attached hydrogens (tertiary/aromatic N) is 2. The van der Waals surface area contributed by atoms with Crippen molar-refractivity contribution in [2.45, 2.75) is 25.9 Å². The Morgan fingerprint density at radius 2 is 2.07 bits per heavy atom. The zero-order chi connectivity index (χ0) is 10.1. The quantitative estimate of drug-likeness (QED) is 0.649. The van der Waals surface area contributed by atoms with E-state index >= 15 is 0 Å². The molecule has 0 aromatic heterocycles. The lowest BCUT2D eigenvalue weighted by Gasteiger charge is -2.49. The van der Waals surface area contributed by atoms with Crippen LogP contribution in [0.2, 0.25) is 0 Å². The van der Waals surface area contributed by atoms with E-state index in [-0.39, 0.29) is 0 Å². The summed E-state index contributed by atoms with van der Waals surface area (Å²) in [4.78, 5) is 5.21. The summed E-state index contributed by atoms with van der Waals surface area (Å²) in [5, 5.41) is 3.50. The molecule has 0 bridgehead atoms. The van der Waals surface area contributed by atoms with E-state index < -0.39 is 0 Å². The molecule has 0 amide bonds. The first kappa shape index (κ1) is 10.4. The highest BCUT2D eigenvalue weighted by molar-refractivity contribution is 4.93. The van der Waals surface area contributed by atoms with Crippen LogP contribution in [0.5, 0.6) is 0 Å². The van der Waals surface area contributed by atoms with Crippen molar-refractivity contribution in [1.29, 1.82) is 0 Å². The highest BCUT2D eigenvalue weighted by atomic mass is 15.3. The lowest BCUT2D eigenvalue weighted by molar-refractivity contribution is 0.000744. The standard InChI is InChI=1S/C11H23N3/c1-9(2)11-8-13(3)7-10-6-12-4-5-14(10)11/h9-12H,4-8H2,1-3H3. The second kappa shape index (κ2) is 4.17. The van der Waals surface area contributed by atoms with Gasteiger partial charge >= 0.3 is 0 Å². The lowest BCUT2D eigenvalue weighted by atomic mass is 9.95. The number of rotatable bonds is 1. The van der Waals surface area contributed by atoms with Crippen molar-refractivity contribution in [2.24, 2.45) is 5.92 Å². The van der Waals surface area contributed by atoms with E-state index in [1.165, 1.54) is 32.7 Å². The van der Waals surface area contributed by atoms with Crippen molar-refractivity contribution in [3.8, 4) is 0 Å². The molecule has 2 saturated heterocycles. The van der Waals surface area contributed by atoms with E-state index in [2.05, 4.69) is 36.0 Å². The van der Waals surface area contributed by atoms with Crippen molar-refractivity contribution in [3.63, 3.8) is 0 Å². The van der Waals surface area contributed by atoms with Crippen LogP contribution in [0.3, 0.4) is 0 Å². The van der Waals surface area contributed by atoms with Gasteiger partial charge in [0.25, 0.3) is 0 Å². The Morgan fingerprint density at radius 3 is 2.79 bits per heavy atom. The SMILES string of the molecule is CC(C)C1CN(C)CC2CNCCN21. The van der Waals surface area contributed by atoms with Gasteiger partial charge in [0, 0.05) is 44.8 Å². The minimum Gasteiger partial charge on any atom is -0.314 e. The van der Waals surface area contributed by atoms with Gasteiger partial charge in [-0.05, 0) is 13.0 Å². The third-order valence-corrected chi connectivity index (χ3v) is 3.61. The normalized spacial score (nSPS) is 36.0. The number of fused-ring (bicyclic) bond motifs is 1. The first-order valence-electron chi connectivity index (χ1n) is 5.83. The molecule has 0 spiro atoms. The van der Waals surface area contributed by atoms with Crippen LogP contribution in [0.15, 0.2) is 0 Å². The molecule has 14 heavy (non-hydrogen) atoms. The molecule has 2 aliphatic heterocycles. The van der Waals surface area contributed by atoms with Gasteiger partial charge in [-0.2, -0.15) is 0 Å². The first-order chi connectivity index (χ1) is 6.68. The lowest BCUT2D eigenvalue weighted by Crippen LogP contribution is -2.65. The van der Waals surface area contributed by atoms with Crippen LogP contribution >= 0.6 is 0 Å². The van der Waals surface area contributed by atoms with Crippen molar-refractivity contribution >= 4 is 0 Å². The average Bonchev–Trinajstić information content (AvgIpc) is 2.16. The summed E-state index contributed by atoms with van der Waals surface area (Å²) in [5.74, 6) is 0.776. The monoisotopic (exact) mass is 197 g/mol. The minimum absolute atomic E-state index is 0.745. The Kier molecular flexibility index (Phi) is 3.10. The molecular formula is C11H23N3. The van der Waals surface area contributed by atoms with E-state index in [0.717, 1.165) is 18.0 Å². The van der Waals surface area contributed by atoms with Gasteiger partial charge in [-0.1, -0.05) is 13.8 Å². The zero-order valence-electron chi connectivity index (χ0n) is 9.66. The molecule has 1 N–H and O–H groups in total. The van der Waals surface area contributed by atoms with Crippen LogP contribution < -0.4 is 5.32 Å². The fraction of sp³-hybridized carbons (Fsp3) is 1.00. The summed E-state index contributed by atoms with van der Waals surface area (Å²) in [6.45, 7) is 10.8. The maximum Gasteiger partial charge on any atom is 0.0351 e. The molecule has 0 aromatic carbocycles. The van der Waals surface area contributed by atoms with Crippen molar-refractivity contribution in [3.05, 3.63) is 0 Å². The maximum atomic E-state index is 3.50. The van der Waals surface area contributed by atoms with Gasteiger partial charge in [-0.3, -0.25) is 4.90 Å². The minimum atomic E-state index is 0.745. The van der Waals surface area contributed by atoms with Crippen LogP contribution in [-0.2, 0) is 0 Å². The number of hydrogen-bond donors (Lipinski definition) is 1. The molecule has 2 rings (SSSR count). The summed E-state index contributed by atoms with van der Waals surface area (Å²) in [5.41, 5.74) is 0. The molecule has 2 aliphatic rings. The summed E-state index contributed by atoms with van der Waals surface area (Å²) in [7, 11) is 2.25. The molecule has 2 atom stereocenters. The van der Waals surface area contributed by atoms with Crippen molar-refractivity contribution < 1.29 is 0 Å². The molecule has 2 unspecified atom stereocenters. The summed E-state index contributed by atoms with van der Waals surface area (Å²) in [6.07, 6.45) is 0. The van der Waals surface area contributed by atoms with Gasteiger partial charge in [0.15, 0.2) is 0 Å². The van der Waals surface area contributed by atoms with Gasteiger partial charge in [-0.15, -0.1) is 0 Å². The van der Waals surface area contributed by atoms with E-state index in [1.54, 1.807) is 0 Å². The Hall–Kier alpha value is -0.120. The second-order valence-corrected chi connectivity index (χ2v) is 5.13. The fourth-order valence-electron chi connectivity index (χ4n) is 2.83. The molecule has 3 nitrogen and oxygen atoms in total. The number of nitrogens with one attached hydrogen (secondary N) is 1. The summed E-state index contributed by atoms with van der Waals surface area (Å²) >= 11 is 0. The molecule has 0 aromatic rings. The molecule has 2 fully saturated rings. The number of piperazine rings is 2. The number of likely N-dealkylation sites (N-methyl/N-ethyl adjacent to an activating group) is 1. The van der Waals surface area contributed by atoms with E-state index in [9.17, 15) is 0 Å². The van der Waals surface area contributed by atoms with Crippen molar-refractivity contribution in [2.75, 3.05) is 39.8 Å². The van der Waals surface area contributed by atoms with Gasteiger partial charge in [0.2, 0.25) is 0 Å². The molecule has 0 aliphatic carbocycles. The maximum absolute atomic E-state index is 3.50. The van der Waals surface area contributed by atoms with Crippen LogP contribution in [0.1, 0.15) is 13.8 Å². The van der Waals surface area contributed by atoms with Crippen molar-refractivity contribution in [1.82, 2.24) is 15.1 Å². The van der Waals surface area contributed by atoms with E-state index in [1.807, 2.05) is 0 Å². The van der Waals surface area contributed by atoms with Gasteiger partial charge in [-0.25, -0.2) is 0 Å². The summed E-state index contributed by atoms with van der Waals surface area (Å²) in [6, 6.07) is 1.51. The third-order valence-electron chi connectivity index (χ3n) is 3.61. The van der Waals surface area contributed by atoms with Crippen LogP contribution in [0.4, 0.5) is 0 Å². The first-order valence-corrected chi connectivity index (χ1v) is 5.83.